The fourth-order valence-electron chi connectivity index (χ4n) is 11.1. The molecule has 0 radical (unpaired) electrons. The third-order valence-electron chi connectivity index (χ3n) is 14.3. The third-order valence-corrected chi connectivity index (χ3v) is 14.3. The molecule has 0 amide bonds. The molecular formula is C63H41NO3. The van der Waals surface area contributed by atoms with Gasteiger partial charge in [0.25, 0.3) is 0 Å². The molecule has 1 aliphatic carbocycles. The lowest BCUT2D eigenvalue weighted by Gasteiger charge is -2.28. The summed E-state index contributed by atoms with van der Waals surface area (Å²) in [4.78, 5) is 2.39. The number of hydrogen-bond donors (Lipinski definition) is 0. The number of benzene rings is 10. The van der Waals surface area contributed by atoms with E-state index in [0.717, 1.165) is 105 Å². The van der Waals surface area contributed by atoms with Crippen LogP contribution in [0.25, 0.3) is 110 Å². The van der Waals surface area contributed by atoms with Crippen molar-refractivity contribution in [1.29, 1.82) is 0 Å². The quantitative estimate of drug-likeness (QED) is 0.167. The zero-order valence-corrected chi connectivity index (χ0v) is 36.9. The predicted octanol–water partition coefficient (Wildman–Crippen LogP) is 18.2. The van der Waals surface area contributed by atoms with Gasteiger partial charge in [-0.25, -0.2) is 0 Å². The highest BCUT2D eigenvalue weighted by Gasteiger charge is 2.36. The van der Waals surface area contributed by atoms with E-state index >= 15 is 0 Å². The molecule has 0 fully saturated rings. The Hall–Kier alpha value is -8.60. The van der Waals surface area contributed by atoms with Crippen LogP contribution in [-0.2, 0) is 5.41 Å². The molecule has 0 saturated heterocycles. The zero-order valence-electron chi connectivity index (χ0n) is 36.9. The average molecular weight is 860 g/mol. The lowest BCUT2D eigenvalue weighted by molar-refractivity contribution is 0.660. The van der Waals surface area contributed by atoms with Crippen LogP contribution in [0, 0.1) is 0 Å². The summed E-state index contributed by atoms with van der Waals surface area (Å²) < 4.78 is 20.2. The van der Waals surface area contributed by atoms with Gasteiger partial charge in [0.15, 0.2) is 0 Å². The Balaban J connectivity index is 0.979. The molecule has 1 aliphatic rings. The van der Waals surface area contributed by atoms with Gasteiger partial charge in [-0.2, -0.15) is 0 Å². The van der Waals surface area contributed by atoms with Gasteiger partial charge in [0.1, 0.15) is 33.5 Å². The highest BCUT2D eigenvalue weighted by molar-refractivity contribution is 6.27. The van der Waals surface area contributed by atoms with Crippen LogP contribution >= 0.6 is 0 Å². The number of fused-ring (bicyclic) bond motifs is 13. The summed E-state index contributed by atoms with van der Waals surface area (Å²) in [6, 6.07) is 75.9. The van der Waals surface area contributed by atoms with Crippen molar-refractivity contribution in [3.63, 3.8) is 0 Å². The van der Waals surface area contributed by atoms with E-state index in [2.05, 4.69) is 195 Å². The van der Waals surface area contributed by atoms with Gasteiger partial charge in [0.2, 0.25) is 0 Å². The van der Waals surface area contributed by atoms with Crippen molar-refractivity contribution < 1.29 is 13.3 Å². The van der Waals surface area contributed by atoms with Gasteiger partial charge in [-0.3, -0.25) is 0 Å². The molecule has 0 saturated carbocycles. The van der Waals surface area contributed by atoms with E-state index in [-0.39, 0.29) is 5.41 Å². The van der Waals surface area contributed by atoms with Crippen molar-refractivity contribution in [3.05, 3.63) is 223 Å². The summed E-state index contributed by atoms with van der Waals surface area (Å²) in [6.07, 6.45) is 0. The van der Waals surface area contributed by atoms with E-state index in [1.54, 1.807) is 0 Å². The van der Waals surface area contributed by atoms with Crippen molar-refractivity contribution in [2.24, 2.45) is 0 Å². The van der Waals surface area contributed by atoms with Gasteiger partial charge in [-0.1, -0.05) is 159 Å². The molecule has 67 heavy (non-hydrogen) atoms. The number of nitrogens with zero attached hydrogens (tertiary/aromatic N) is 1. The molecule has 0 spiro atoms. The van der Waals surface area contributed by atoms with Gasteiger partial charge >= 0.3 is 0 Å². The van der Waals surface area contributed by atoms with Crippen LogP contribution in [0.4, 0.5) is 17.1 Å². The van der Waals surface area contributed by atoms with E-state index in [1.807, 2.05) is 36.4 Å². The fraction of sp³-hybridized carbons (Fsp3) is 0.0476. The van der Waals surface area contributed by atoms with E-state index < -0.39 is 0 Å². The second-order valence-corrected chi connectivity index (χ2v) is 18.4. The SMILES string of the molecule is CC1(C)c2ccccc2-c2ccc(N(c3ccc(-c4ccccc4)cc3)c3ccc(-c4c(-c5cccc6c5oc5ccccc56)ccc5c4oc4ccc6oc7ccccc7c6c45)cc3)cc21. The standard InChI is InChI=1S/C63H41NO3/c1-63(2)52-20-9-6-15-44(52)45-32-31-43(37-53(45)63)64(41-27-23-39(24-28-41)38-13-4-3-5-14-38)42-29-25-40(26-30-42)58-47(49-19-12-18-48-46-16-7-10-21-54(46)66-61(48)49)33-34-51-60-57(67-62(51)58)36-35-56-59(60)50-17-8-11-22-55(50)65-56/h3-37H,1-2H3. The molecular weight excluding hydrogens is 819 g/mol. The second-order valence-electron chi connectivity index (χ2n) is 18.4. The van der Waals surface area contributed by atoms with E-state index in [4.69, 9.17) is 13.3 Å². The Labute approximate surface area is 386 Å². The van der Waals surface area contributed by atoms with Crippen LogP contribution in [0.15, 0.2) is 226 Å². The summed E-state index contributed by atoms with van der Waals surface area (Å²) in [5, 5.41) is 6.41. The smallest absolute Gasteiger partial charge is 0.143 e. The summed E-state index contributed by atoms with van der Waals surface area (Å²) in [6.45, 7) is 4.69. The van der Waals surface area contributed by atoms with E-state index in [9.17, 15) is 0 Å². The maximum absolute atomic E-state index is 7.07. The average Bonchev–Trinajstić information content (AvgIpc) is 4.12. The lowest BCUT2D eigenvalue weighted by Crippen LogP contribution is -2.16. The minimum Gasteiger partial charge on any atom is -0.456 e. The molecule has 4 nitrogen and oxygen atoms in total. The van der Waals surface area contributed by atoms with Gasteiger partial charge in [-0.05, 0) is 111 Å². The molecule has 14 rings (SSSR count). The minimum absolute atomic E-state index is 0.146. The minimum atomic E-state index is -0.146. The number of anilines is 3. The highest BCUT2D eigenvalue weighted by Crippen LogP contribution is 2.52. The molecule has 316 valence electrons. The van der Waals surface area contributed by atoms with Crippen LogP contribution in [-0.4, -0.2) is 0 Å². The topological polar surface area (TPSA) is 42.7 Å². The summed E-state index contributed by atoms with van der Waals surface area (Å²) >= 11 is 0. The number of hydrogen-bond acceptors (Lipinski definition) is 4. The third kappa shape index (κ3) is 5.60. The van der Waals surface area contributed by atoms with Crippen LogP contribution in [0.5, 0.6) is 0 Å². The van der Waals surface area contributed by atoms with Gasteiger partial charge in [0.05, 0.1) is 0 Å². The molecule has 0 N–H and O–H groups in total. The van der Waals surface area contributed by atoms with Crippen LogP contribution in [0.3, 0.4) is 0 Å². The summed E-state index contributed by atoms with van der Waals surface area (Å²) in [7, 11) is 0. The molecule has 3 aromatic heterocycles. The van der Waals surface area contributed by atoms with Gasteiger partial charge in [0, 0.05) is 65.9 Å². The molecule has 0 atom stereocenters. The van der Waals surface area contributed by atoms with Crippen LogP contribution in [0.2, 0.25) is 0 Å². The molecule has 4 heteroatoms. The van der Waals surface area contributed by atoms with Crippen LogP contribution in [0.1, 0.15) is 25.0 Å². The van der Waals surface area contributed by atoms with Crippen molar-refractivity contribution in [2.75, 3.05) is 4.90 Å². The van der Waals surface area contributed by atoms with Crippen molar-refractivity contribution in [2.45, 2.75) is 19.3 Å². The van der Waals surface area contributed by atoms with Crippen molar-refractivity contribution in [3.8, 4) is 44.5 Å². The normalized spacial score (nSPS) is 13.0. The molecule has 13 aromatic rings. The maximum atomic E-state index is 7.07. The lowest BCUT2D eigenvalue weighted by atomic mass is 9.82. The fourth-order valence-corrected chi connectivity index (χ4v) is 11.1. The Morgan fingerprint density at radius 1 is 0.328 bits per heavy atom. The van der Waals surface area contributed by atoms with Crippen molar-refractivity contribution >= 4 is 82.9 Å². The predicted molar refractivity (Wildman–Crippen MR) is 277 cm³/mol. The van der Waals surface area contributed by atoms with E-state index in [1.165, 1.54) is 33.4 Å². The number of para-hydroxylation sites is 3. The first-order valence-corrected chi connectivity index (χ1v) is 23.0. The molecule has 0 aliphatic heterocycles. The van der Waals surface area contributed by atoms with Crippen LogP contribution < -0.4 is 4.90 Å². The Morgan fingerprint density at radius 3 is 1.67 bits per heavy atom. The maximum Gasteiger partial charge on any atom is 0.143 e. The second kappa shape index (κ2) is 14.2. The monoisotopic (exact) mass is 859 g/mol. The molecule has 0 bridgehead atoms. The first-order chi connectivity index (χ1) is 33.0. The molecule has 3 heterocycles. The Morgan fingerprint density at radius 2 is 0.881 bits per heavy atom. The molecule has 0 unspecified atom stereocenters. The number of rotatable bonds is 6. The first-order valence-electron chi connectivity index (χ1n) is 23.0. The summed E-state index contributed by atoms with van der Waals surface area (Å²) in [5.74, 6) is 0. The molecule has 10 aromatic carbocycles. The van der Waals surface area contributed by atoms with Crippen molar-refractivity contribution in [1.82, 2.24) is 0 Å². The van der Waals surface area contributed by atoms with E-state index in [0.29, 0.717) is 0 Å². The van der Waals surface area contributed by atoms with Gasteiger partial charge in [-0.15, -0.1) is 0 Å². The first kappa shape index (κ1) is 37.7. The Kier molecular flexibility index (Phi) is 8.00. The zero-order chi connectivity index (χ0) is 44.4. The number of furan rings is 3. The Bertz CT molecular complexity index is 4110. The highest BCUT2D eigenvalue weighted by atomic mass is 16.3. The largest absolute Gasteiger partial charge is 0.456 e. The van der Waals surface area contributed by atoms with Gasteiger partial charge < -0.3 is 18.2 Å². The summed E-state index contributed by atoms with van der Waals surface area (Å²) in [5.41, 5.74) is 19.9.